The van der Waals surface area contributed by atoms with Crippen molar-refractivity contribution >= 4 is 40.1 Å². The summed E-state index contributed by atoms with van der Waals surface area (Å²) in [4.78, 5) is 18.6. The maximum atomic E-state index is 12.0. The average molecular weight is 415 g/mol. The lowest BCUT2D eigenvalue weighted by Gasteiger charge is -2.40. The normalized spacial score (nSPS) is 18.9. The number of aliphatic carboxylic acids is 1. The van der Waals surface area contributed by atoms with E-state index in [2.05, 4.69) is 11.1 Å². The molecule has 2 heterocycles. The van der Waals surface area contributed by atoms with E-state index in [1.807, 2.05) is 47.5 Å². The van der Waals surface area contributed by atoms with E-state index in [0.29, 0.717) is 23.0 Å². The number of pyridine rings is 1. The zero-order valence-corrected chi connectivity index (χ0v) is 16.7. The molecule has 0 bridgehead atoms. The van der Waals surface area contributed by atoms with Crippen molar-refractivity contribution in [2.45, 2.75) is 31.3 Å². The van der Waals surface area contributed by atoms with Crippen molar-refractivity contribution in [2.24, 2.45) is 0 Å². The molecule has 2 unspecified atom stereocenters. The van der Waals surface area contributed by atoms with Gasteiger partial charge in [-0.25, -0.2) is 0 Å². The van der Waals surface area contributed by atoms with Gasteiger partial charge in [0, 0.05) is 11.6 Å². The van der Waals surface area contributed by atoms with E-state index in [-0.39, 0.29) is 6.04 Å². The van der Waals surface area contributed by atoms with Crippen molar-refractivity contribution in [1.82, 2.24) is 9.88 Å². The fraction of sp³-hybridized carbons (Fsp3) is 0.273. The first-order valence-electron chi connectivity index (χ1n) is 9.33. The summed E-state index contributed by atoms with van der Waals surface area (Å²) in [5.74, 6) is -0.809. The number of hydrogen-bond acceptors (Lipinski definition) is 3. The minimum absolute atomic E-state index is 0.329. The molecule has 4 nitrogen and oxygen atoms in total. The number of hydrogen-bond donors (Lipinski definition) is 1. The number of aromatic nitrogens is 1. The van der Waals surface area contributed by atoms with E-state index >= 15 is 0 Å². The van der Waals surface area contributed by atoms with Crippen molar-refractivity contribution in [3.63, 3.8) is 0 Å². The second-order valence-electron chi connectivity index (χ2n) is 7.09. The number of benzene rings is 2. The second-order valence-corrected chi connectivity index (χ2v) is 7.88. The predicted octanol–water partition coefficient (Wildman–Crippen LogP) is 5.57. The largest absolute Gasteiger partial charge is 0.480 e. The van der Waals surface area contributed by atoms with E-state index in [1.165, 1.54) is 0 Å². The smallest absolute Gasteiger partial charge is 0.320 e. The molecule has 4 rings (SSSR count). The number of carboxylic acids is 1. The van der Waals surface area contributed by atoms with Crippen molar-refractivity contribution in [2.75, 3.05) is 6.54 Å². The van der Waals surface area contributed by atoms with Crippen LogP contribution >= 0.6 is 23.2 Å². The number of likely N-dealkylation sites (tertiary alicyclic amines) is 1. The topological polar surface area (TPSA) is 53.4 Å². The summed E-state index contributed by atoms with van der Waals surface area (Å²) >= 11 is 12.9. The Labute approximate surface area is 173 Å². The van der Waals surface area contributed by atoms with Crippen LogP contribution < -0.4 is 0 Å². The average Bonchev–Trinajstić information content (AvgIpc) is 2.71. The zero-order valence-electron chi connectivity index (χ0n) is 15.2. The summed E-state index contributed by atoms with van der Waals surface area (Å²) in [6, 6.07) is 14.6. The van der Waals surface area contributed by atoms with Crippen molar-refractivity contribution in [1.29, 1.82) is 0 Å². The molecule has 1 fully saturated rings. The van der Waals surface area contributed by atoms with Gasteiger partial charge >= 0.3 is 5.97 Å². The number of rotatable bonds is 4. The van der Waals surface area contributed by atoms with Gasteiger partial charge in [0.05, 0.1) is 21.6 Å². The Kier molecular flexibility index (Phi) is 5.54. The Bertz CT molecular complexity index is 1020. The van der Waals surface area contributed by atoms with E-state index < -0.39 is 12.0 Å². The number of nitrogens with zero attached hydrogens (tertiary/aromatic N) is 2. The molecule has 144 valence electrons. The third-order valence-electron chi connectivity index (χ3n) is 5.36. The molecule has 2 atom stereocenters. The van der Waals surface area contributed by atoms with E-state index in [1.54, 1.807) is 6.07 Å². The first kappa shape index (κ1) is 19.2. The molecule has 28 heavy (non-hydrogen) atoms. The number of carbonyl (C=O) groups is 1. The van der Waals surface area contributed by atoms with E-state index in [9.17, 15) is 9.90 Å². The standard InChI is InChI=1S/C22H20Cl2N2O2/c23-17-8-5-7-16(20(17)24)21(26-11-4-3-10-19(26)22(27)28)15-12-14-6-1-2-9-18(14)25-13-15/h1-2,5-9,12-13,19,21H,3-4,10-11H2,(H,27,28). The van der Waals surface area contributed by atoms with Gasteiger partial charge in [-0.3, -0.25) is 14.7 Å². The molecular weight excluding hydrogens is 395 g/mol. The highest BCUT2D eigenvalue weighted by Gasteiger charge is 2.36. The van der Waals surface area contributed by atoms with Gasteiger partial charge in [-0.05, 0) is 48.7 Å². The van der Waals surface area contributed by atoms with E-state index in [0.717, 1.165) is 34.9 Å². The Balaban J connectivity index is 1.89. The Hall–Kier alpha value is -2.14. The van der Waals surface area contributed by atoms with Gasteiger partial charge in [0.15, 0.2) is 0 Å². The second kappa shape index (κ2) is 8.08. The number of carboxylic acid groups (broad SMARTS) is 1. The number of fused-ring (bicyclic) bond motifs is 1. The SMILES string of the molecule is O=C(O)C1CCCCN1C(c1cnc2ccccc2c1)c1cccc(Cl)c1Cl. The lowest BCUT2D eigenvalue weighted by Crippen LogP contribution is -2.47. The van der Waals surface area contributed by atoms with Gasteiger partial charge < -0.3 is 5.11 Å². The lowest BCUT2D eigenvalue weighted by molar-refractivity contribution is -0.145. The molecule has 0 spiro atoms. The summed E-state index contributed by atoms with van der Waals surface area (Å²) in [5.41, 5.74) is 2.62. The predicted molar refractivity (Wildman–Crippen MR) is 112 cm³/mol. The quantitative estimate of drug-likeness (QED) is 0.605. The van der Waals surface area contributed by atoms with Crippen LogP contribution in [-0.2, 0) is 4.79 Å². The molecule has 2 aromatic carbocycles. The monoisotopic (exact) mass is 414 g/mol. The molecule has 0 saturated carbocycles. The fourth-order valence-corrected chi connectivity index (χ4v) is 4.46. The Morgan fingerprint density at radius 3 is 2.79 bits per heavy atom. The number of piperidine rings is 1. The molecule has 1 aromatic heterocycles. The van der Waals surface area contributed by atoms with Gasteiger partial charge in [-0.1, -0.05) is 60.0 Å². The fourth-order valence-electron chi connectivity index (χ4n) is 4.05. The van der Waals surface area contributed by atoms with E-state index in [4.69, 9.17) is 23.2 Å². The minimum atomic E-state index is -0.809. The van der Waals surface area contributed by atoms with Crippen LogP contribution in [-0.4, -0.2) is 33.5 Å². The van der Waals surface area contributed by atoms with Crippen LogP contribution in [0.25, 0.3) is 10.9 Å². The highest BCUT2D eigenvalue weighted by molar-refractivity contribution is 6.42. The van der Waals surface area contributed by atoms with Crippen LogP contribution in [0.5, 0.6) is 0 Å². The minimum Gasteiger partial charge on any atom is -0.480 e. The maximum Gasteiger partial charge on any atom is 0.320 e. The van der Waals surface area contributed by atoms with Crippen LogP contribution in [0.15, 0.2) is 54.7 Å². The highest BCUT2D eigenvalue weighted by Crippen LogP contribution is 2.40. The first-order valence-corrected chi connectivity index (χ1v) is 10.1. The molecule has 1 aliphatic rings. The molecular formula is C22H20Cl2N2O2. The summed E-state index contributed by atoms with van der Waals surface area (Å²) in [6.45, 7) is 0.678. The third-order valence-corrected chi connectivity index (χ3v) is 6.20. The maximum absolute atomic E-state index is 12.0. The number of halogens is 2. The van der Waals surface area contributed by atoms with Crippen molar-refractivity contribution in [3.8, 4) is 0 Å². The van der Waals surface area contributed by atoms with Crippen molar-refractivity contribution < 1.29 is 9.90 Å². The molecule has 1 saturated heterocycles. The van der Waals surface area contributed by atoms with Crippen LogP contribution in [0.3, 0.4) is 0 Å². The zero-order chi connectivity index (χ0) is 19.7. The van der Waals surface area contributed by atoms with Gasteiger partial charge in [0.25, 0.3) is 0 Å². The van der Waals surface area contributed by atoms with Crippen LogP contribution in [0.2, 0.25) is 10.0 Å². The summed E-state index contributed by atoms with van der Waals surface area (Å²) in [6.07, 6.45) is 4.28. The van der Waals surface area contributed by atoms with Crippen LogP contribution in [0.4, 0.5) is 0 Å². The number of para-hydroxylation sites is 1. The summed E-state index contributed by atoms with van der Waals surface area (Å²) in [7, 11) is 0. The molecule has 1 N–H and O–H groups in total. The Morgan fingerprint density at radius 1 is 1.14 bits per heavy atom. The van der Waals surface area contributed by atoms with Crippen LogP contribution in [0, 0.1) is 0 Å². The third kappa shape index (κ3) is 3.60. The van der Waals surface area contributed by atoms with Crippen molar-refractivity contribution in [3.05, 3.63) is 75.9 Å². The molecule has 1 aliphatic heterocycles. The summed E-state index contributed by atoms with van der Waals surface area (Å²) < 4.78 is 0. The molecule has 0 radical (unpaired) electrons. The molecule has 0 aliphatic carbocycles. The molecule has 0 amide bonds. The first-order chi connectivity index (χ1) is 13.6. The summed E-state index contributed by atoms with van der Waals surface area (Å²) in [5, 5.41) is 11.8. The van der Waals surface area contributed by atoms with Gasteiger partial charge in [0.2, 0.25) is 0 Å². The lowest BCUT2D eigenvalue weighted by atomic mass is 9.92. The highest BCUT2D eigenvalue weighted by atomic mass is 35.5. The Morgan fingerprint density at radius 2 is 1.96 bits per heavy atom. The van der Waals surface area contributed by atoms with Crippen LogP contribution in [0.1, 0.15) is 36.4 Å². The van der Waals surface area contributed by atoms with Gasteiger partial charge in [-0.2, -0.15) is 0 Å². The molecule has 6 heteroatoms. The molecule has 3 aromatic rings. The van der Waals surface area contributed by atoms with Gasteiger partial charge in [-0.15, -0.1) is 0 Å². The van der Waals surface area contributed by atoms with Gasteiger partial charge in [0.1, 0.15) is 6.04 Å².